The molecule has 1 aliphatic heterocycles. The van der Waals surface area contributed by atoms with Crippen molar-refractivity contribution < 1.29 is 33.4 Å². The number of hydrogen-bond acceptors (Lipinski definition) is 7. The highest BCUT2D eigenvalue weighted by Gasteiger charge is 2.35. The van der Waals surface area contributed by atoms with E-state index in [1.165, 1.54) is 25.3 Å². The van der Waals surface area contributed by atoms with Crippen LogP contribution in [0.15, 0.2) is 42.1 Å². The molecule has 2 aromatic carbocycles. The zero-order valence-corrected chi connectivity index (χ0v) is 19.4. The first-order chi connectivity index (χ1) is 16.2. The van der Waals surface area contributed by atoms with Gasteiger partial charge in [0.05, 0.1) is 19.2 Å². The third kappa shape index (κ3) is 5.84. The van der Waals surface area contributed by atoms with E-state index in [9.17, 15) is 19.2 Å². The SMILES string of the molecule is COC(=O)CN1C(=O)N/C(=C/c2cc(Cl)c(OCC(=O)Nc3ccc(C)cc3)c(OC)c2)C1=O. The van der Waals surface area contributed by atoms with Gasteiger partial charge in [-0.25, -0.2) is 9.69 Å². The van der Waals surface area contributed by atoms with E-state index < -0.39 is 30.4 Å². The molecule has 0 atom stereocenters. The Balaban J connectivity index is 1.72. The van der Waals surface area contributed by atoms with Crippen molar-refractivity contribution >= 4 is 47.2 Å². The topological polar surface area (TPSA) is 123 Å². The molecule has 1 fully saturated rings. The Morgan fingerprint density at radius 3 is 2.50 bits per heavy atom. The van der Waals surface area contributed by atoms with E-state index in [2.05, 4.69) is 15.4 Å². The lowest BCUT2D eigenvalue weighted by Gasteiger charge is -2.13. The molecule has 3 rings (SSSR count). The molecule has 2 N–H and O–H groups in total. The maximum absolute atomic E-state index is 12.5. The average molecular weight is 488 g/mol. The number of esters is 1. The first-order valence-electron chi connectivity index (χ1n) is 10.00. The summed E-state index contributed by atoms with van der Waals surface area (Å²) >= 11 is 6.33. The van der Waals surface area contributed by atoms with Gasteiger partial charge in [0.25, 0.3) is 11.8 Å². The zero-order chi connectivity index (χ0) is 24.8. The van der Waals surface area contributed by atoms with Crippen molar-refractivity contribution in [2.75, 3.05) is 32.7 Å². The molecule has 0 bridgehead atoms. The number of rotatable bonds is 8. The number of urea groups is 1. The Morgan fingerprint density at radius 2 is 1.85 bits per heavy atom. The largest absolute Gasteiger partial charge is 0.493 e. The van der Waals surface area contributed by atoms with Gasteiger partial charge in [0.15, 0.2) is 18.1 Å². The van der Waals surface area contributed by atoms with Crippen molar-refractivity contribution in [1.29, 1.82) is 0 Å². The lowest BCUT2D eigenvalue weighted by molar-refractivity contribution is -0.143. The monoisotopic (exact) mass is 487 g/mol. The first-order valence-corrected chi connectivity index (χ1v) is 10.4. The van der Waals surface area contributed by atoms with Crippen LogP contribution in [0, 0.1) is 6.92 Å². The average Bonchev–Trinajstić information content (AvgIpc) is 3.06. The van der Waals surface area contributed by atoms with Crippen LogP contribution in [-0.4, -0.2) is 56.1 Å². The number of anilines is 1. The quantitative estimate of drug-likeness (QED) is 0.333. The maximum Gasteiger partial charge on any atom is 0.329 e. The molecule has 10 nitrogen and oxygen atoms in total. The number of amides is 4. The van der Waals surface area contributed by atoms with E-state index in [4.69, 9.17) is 21.1 Å². The van der Waals surface area contributed by atoms with Crippen LogP contribution >= 0.6 is 11.6 Å². The number of carbonyl (C=O) groups is 4. The summed E-state index contributed by atoms with van der Waals surface area (Å²) in [7, 11) is 2.55. The highest BCUT2D eigenvalue weighted by atomic mass is 35.5. The lowest BCUT2D eigenvalue weighted by Crippen LogP contribution is -2.36. The normalized spacial score (nSPS) is 14.1. The van der Waals surface area contributed by atoms with Crippen molar-refractivity contribution in [1.82, 2.24) is 10.2 Å². The summed E-state index contributed by atoms with van der Waals surface area (Å²) < 4.78 is 15.4. The van der Waals surface area contributed by atoms with E-state index in [1.54, 1.807) is 12.1 Å². The molecule has 2 aromatic rings. The number of halogens is 1. The highest BCUT2D eigenvalue weighted by Crippen LogP contribution is 2.37. The Labute approximate surface area is 200 Å². The summed E-state index contributed by atoms with van der Waals surface area (Å²) in [6, 6.07) is 9.54. The van der Waals surface area contributed by atoms with Crippen LogP contribution < -0.4 is 20.1 Å². The maximum atomic E-state index is 12.5. The minimum absolute atomic E-state index is 0.0573. The number of benzene rings is 2. The van der Waals surface area contributed by atoms with Crippen LogP contribution in [0.5, 0.6) is 11.5 Å². The van der Waals surface area contributed by atoms with Gasteiger partial charge in [-0.1, -0.05) is 29.3 Å². The Kier molecular flexibility index (Phi) is 7.75. The highest BCUT2D eigenvalue weighted by molar-refractivity contribution is 6.32. The molecular formula is C23H22ClN3O7. The van der Waals surface area contributed by atoms with Gasteiger partial charge in [0.2, 0.25) is 0 Å². The number of hydrogen-bond donors (Lipinski definition) is 2. The number of ether oxygens (including phenoxy) is 3. The fourth-order valence-electron chi connectivity index (χ4n) is 3.01. The molecule has 0 aliphatic carbocycles. The van der Waals surface area contributed by atoms with Crippen LogP contribution in [0.3, 0.4) is 0 Å². The predicted molar refractivity (Wildman–Crippen MR) is 124 cm³/mol. The van der Waals surface area contributed by atoms with Crippen LogP contribution in [-0.2, 0) is 19.1 Å². The van der Waals surface area contributed by atoms with Gasteiger partial charge in [-0.2, -0.15) is 0 Å². The van der Waals surface area contributed by atoms with E-state index in [0.717, 1.165) is 17.6 Å². The molecule has 1 aliphatic rings. The molecule has 0 aromatic heterocycles. The Morgan fingerprint density at radius 1 is 1.15 bits per heavy atom. The fourth-order valence-corrected chi connectivity index (χ4v) is 3.28. The third-order valence-electron chi connectivity index (χ3n) is 4.72. The van der Waals surface area contributed by atoms with Gasteiger partial charge in [0, 0.05) is 5.69 Å². The number of nitrogens with one attached hydrogen (secondary N) is 2. The molecule has 0 unspecified atom stereocenters. The van der Waals surface area contributed by atoms with Crippen LogP contribution in [0.2, 0.25) is 5.02 Å². The molecule has 1 heterocycles. The standard InChI is InChI=1S/C23H22ClN3O7/c1-13-4-6-15(7-5-13)25-19(28)12-34-21-16(24)8-14(10-18(21)32-2)9-17-22(30)27(23(31)26-17)11-20(29)33-3/h4-10H,11-12H2,1-3H3,(H,25,28)(H,26,31)/b17-9+. The summed E-state index contributed by atoms with van der Waals surface area (Å²) in [5.41, 5.74) is 2.06. The van der Waals surface area contributed by atoms with Crippen LogP contribution in [0.1, 0.15) is 11.1 Å². The van der Waals surface area contributed by atoms with E-state index in [-0.39, 0.29) is 28.8 Å². The molecule has 0 spiro atoms. The molecule has 1 saturated heterocycles. The molecular weight excluding hydrogens is 466 g/mol. The molecule has 4 amide bonds. The van der Waals surface area contributed by atoms with Gasteiger partial charge >= 0.3 is 12.0 Å². The van der Waals surface area contributed by atoms with Gasteiger partial charge in [0.1, 0.15) is 12.2 Å². The number of methoxy groups -OCH3 is 2. The van der Waals surface area contributed by atoms with E-state index in [1.807, 2.05) is 19.1 Å². The first kappa shape index (κ1) is 24.6. The van der Waals surface area contributed by atoms with Crippen molar-refractivity contribution in [3.05, 3.63) is 58.2 Å². The Bertz CT molecular complexity index is 1160. The molecule has 34 heavy (non-hydrogen) atoms. The molecule has 11 heteroatoms. The van der Waals surface area contributed by atoms with Gasteiger partial charge in [-0.15, -0.1) is 0 Å². The van der Waals surface area contributed by atoms with Gasteiger partial charge in [-0.05, 0) is 42.8 Å². The molecule has 0 saturated carbocycles. The summed E-state index contributed by atoms with van der Waals surface area (Å²) in [4.78, 5) is 48.8. The van der Waals surface area contributed by atoms with Gasteiger partial charge in [-0.3, -0.25) is 14.4 Å². The predicted octanol–water partition coefficient (Wildman–Crippen LogP) is 2.74. The van der Waals surface area contributed by atoms with Crippen molar-refractivity contribution in [2.24, 2.45) is 0 Å². The molecule has 178 valence electrons. The Hall–Kier alpha value is -4.05. The smallest absolute Gasteiger partial charge is 0.329 e. The van der Waals surface area contributed by atoms with Crippen molar-refractivity contribution in [3.8, 4) is 11.5 Å². The number of imide groups is 1. The number of nitrogens with zero attached hydrogens (tertiary/aromatic N) is 1. The third-order valence-corrected chi connectivity index (χ3v) is 5.00. The lowest BCUT2D eigenvalue weighted by atomic mass is 10.1. The summed E-state index contributed by atoms with van der Waals surface area (Å²) in [6.07, 6.45) is 1.37. The number of aryl methyl sites for hydroxylation is 1. The van der Waals surface area contributed by atoms with E-state index >= 15 is 0 Å². The van der Waals surface area contributed by atoms with Crippen molar-refractivity contribution in [3.63, 3.8) is 0 Å². The number of carbonyl (C=O) groups excluding carboxylic acids is 4. The van der Waals surface area contributed by atoms with Crippen LogP contribution in [0.4, 0.5) is 10.5 Å². The second-order valence-corrected chi connectivity index (χ2v) is 7.60. The van der Waals surface area contributed by atoms with Crippen LogP contribution in [0.25, 0.3) is 6.08 Å². The minimum Gasteiger partial charge on any atom is -0.493 e. The minimum atomic E-state index is -0.751. The zero-order valence-electron chi connectivity index (χ0n) is 18.6. The van der Waals surface area contributed by atoms with Gasteiger partial charge < -0.3 is 24.8 Å². The summed E-state index contributed by atoms with van der Waals surface area (Å²) in [5, 5.41) is 5.23. The van der Waals surface area contributed by atoms with Crippen molar-refractivity contribution in [2.45, 2.75) is 6.92 Å². The fraction of sp³-hybridized carbons (Fsp3) is 0.217. The summed E-state index contributed by atoms with van der Waals surface area (Å²) in [5.74, 6) is -1.47. The summed E-state index contributed by atoms with van der Waals surface area (Å²) in [6.45, 7) is 1.11. The second kappa shape index (κ2) is 10.7. The van der Waals surface area contributed by atoms with E-state index in [0.29, 0.717) is 11.3 Å². The molecule has 0 radical (unpaired) electrons. The second-order valence-electron chi connectivity index (χ2n) is 7.19.